The number of phenolic OH excluding ortho intramolecular Hbond substituents is 1. The van der Waals surface area contributed by atoms with Crippen molar-refractivity contribution >= 4 is 33.3 Å². The number of benzene rings is 1. The van der Waals surface area contributed by atoms with E-state index in [1.54, 1.807) is 12.1 Å². The van der Waals surface area contributed by atoms with Crippen LogP contribution in [0.3, 0.4) is 0 Å². The van der Waals surface area contributed by atoms with Gasteiger partial charge in [-0.15, -0.1) is 0 Å². The molecule has 0 radical (unpaired) electrons. The summed E-state index contributed by atoms with van der Waals surface area (Å²) in [6.07, 6.45) is 0.346. The predicted molar refractivity (Wildman–Crippen MR) is 85.3 cm³/mol. The highest BCUT2D eigenvalue weighted by molar-refractivity contribution is 7.10. The third-order valence-electron chi connectivity index (χ3n) is 3.98. The normalized spacial score (nSPS) is 17.3. The Morgan fingerprint density at radius 2 is 2.18 bits per heavy atom. The molecule has 0 unspecified atom stereocenters. The lowest BCUT2D eigenvalue weighted by atomic mass is 9.89. The Bertz CT molecular complexity index is 904. The smallest absolute Gasteiger partial charge is 0.226 e. The summed E-state index contributed by atoms with van der Waals surface area (Å²) in [5.41, 5.74) is 3.30. The summed E-state index contributed by atoms with van der Waals surface area (Å²) in [5.74, 6) is 0.00633. The molecule has 3 aromatic rings. The number of hydrogen-bond acceptors (Lipinski definition) is 5. The van der Waals surface area contributed by atoms with Gasteiger partial charge in [0.1, 0.15) is 16.3 Å². The van der Waals surface area contributed by atoms with Crippen LogP contribution in [0, 0.1) is 6.92 Å². The number of nitrogens with one attached hydrogen (secondary N) is 1. The molecule has 6 heteroatoms. The molecule has 0 aliphatic carbocycles. The van der Waals surface area contributed by atoms with Crippen molar-refractivity contribution in [3.63, 3.8) is 0 Å². The van der Waals surface area contributed by atoms with E-state index in [9.17, 15) is 9.90 Å². The van der Waals surface area contributed by atoms with Crippen LogP contribution in [-0.4, -0.2) is 20.4 Å². The first-order valence-corrected chi connectivity index (χ1v) is 7.75. The standard InChI is InChI=1S/C16H13N3O2S/c1-8-14-10(7-13(21)18-16(14)22-19-8)11-6-5-9-3-2-4-12(20)15(9)17-11/h2-6,10,20H,7H2,1H3,(H,18,21)/t10-/m0/s1. The van der Waals surface area contributed by atoms with Crippen LogP contribution in [0.15, 0.2) is 30.3 Å². The van der Waals surface area contributed by atoms with E-state index >= 15 is 0 Å². The highest BCUT2D eigenvalue weighted by Gasteiger charge is 2.31. The fourth-order valence-corrected chi connectivity index (χ4v) is 3.81. The number of anilines is 1. The first kappa shape index (κ1) is 13.2. The average Bonchev–Trinajstić information content (AvgIpc) is 2.88. The van der Waals surface area contributed by atoms with Crippen molar-refractivity contribution in [3.05, 3.63) is 47.3 Å². The molecular formula is C16H13N3O2S. The first-order chi connectivity index (χ1) is 10.6. The molecular weight excluding hydrogens is 298 g/mol. The van der Waals surface area contributed by atoms with Crippen molar-refractivity contribution in [2.24, 2.45) is 0 Å². The summed E-state index contributed by atoms with van der Waals surface area (Å²) < 4.78 is 4.34. The average molecular weight is 311 g/mol. The highest BCUT2D eigenvalue weighted by Crippen LogP contribution is 2.41. The first-order valence-electron chi connectivity index (χ1n) is 6.98. The van der Waals surface area contributed by atoms with Gasteiger partial charge in [0.15, 0.2) is 0 Å². The van der Waals surface area contributed by atoms with E-state index in [2.05, 4.69) is 14.7 Å². The zero-order valence-corrected chi connectivity index (χ0v) is 12.6. The Hall–Kier alpha value is -2.47. The van der Waals surface area contributed by atoms with Gasteiger partial charge in [-0.25, -0.2) is 4.98 Å². The van der Waals surface area contributed by atoms with Crippen molar-refractivity contribution in [3.8, 4) is 5.75 Å². The Morgan fingerprint density at radius 3 is 3.05 bits per heavy atom. The Kier molecular flexibility index (Phi) is 2.87. The molecule has 3 heterocycles. The monoisotopic (exact) mass is 311 g/mol. The third kappa shape index (κ3) is 1.95. The number of carbonyl (C=O) groups is 1. The zero-order valence-electron chi connectivity index (χ0n) is 11.8. The van der Waals surface area contributed by atoms with Gasteiger partial charge in [-0.3, -0.25) is 4.79 Å². The molecule has 5 nitrogen and oxygen atoms in total. The lowest BCUT2D eigenvalue weighted by molar-refractivity contribution is -0.116. The van der Waals surface area contributed by atoms with Crippen LogP contribution in [0.5, 0.6) is 5.75 Å². The van der Waals surface area contributed by atoms with E-state index in [4.69, 9.17) is 0 Å². The van der Waals surface area contributed by atoms with Crippen LogP contribution < -0.4 is 5.32 Å². The van der Waals surface area contributed by atoms with Gasteiger partial charge in [0.05, 0.1) is 5.69 Å². The number of rotatable bonds is 1. The molecule has 1 amide bonds. The van der Waals surface area contributed by atoms with Crippen molar-refractivity contribution in [2.75, 3.05) is 5.32 Å². The largest absolute Gasteiger partial charge is 0.506 e. The number of para-hydroxylation sites is 1. The molecule has 1 aromatic carbocycles. The van der Waals surface area contributed by atoms with Gasteiger partial charge >= 0.3 is 0 Å². The summed E-state index contributed by atoms with van der Waals surface area (Å²) in [6.45, 7) is 1.94. The summed E-state index contributed by atoms with van der Waals surface area (Å²) in [4.78, 5) is 16.5. The minimum atomic E-state index is -0.119. The molecule has 2 N–H and O–H groups in total. The van der Waals surface area contributed by atoms with Gasteiger partial charge < -0.3 is 10.4 Å². The number of phenols is 1. The van der Waals surface area contributed by atoms with Crippen LogP contribution in [0.4, 0.5) is 5.00 Å². The molecule has 0 saturated heterocycles. The Labute approximate surface area is 130 Å². The van der Waals surface area contributed by atoms with E-state index in [0.717, 1.165) is 27.3 Å². The van der Waals surface area contributed by atoms with Gasteiger partial charge in [-0.2, -0.15) is 4.37 Å². The van der Waals surface area contributed by atoms with Crippen molar-refractivity contribution in [1.29, 1.82) is 0 Å². The molecule has 22 heavy (non-hydrogen) atoms. The second-order valence-corrected chi connectivity index (χ2v) is 6.17. The highest BCUT2D eigenvalue weighted by atomic mass is 32.1. The van der Waals surface area contributed by atoms with Crippen LogP contribution in [-0.2, 0) is 4.79 Å². The van der Waals surface area contributed by atoms with E-state index in [1.165, 1.54) is 11.5 Å². The topological polar surface area (TPSA) is 75.1 Å². The number of hydrogen-bond donors (Lipinski definition) is 2. The number of aromatic hydroxyl groups is 1. The van der Waals surface area contributed by atoms with Crippen molar-refractivity contribution in [2.45, 2.75) is 19.3 Å². The molecule has 1 aliphatic rings. The van der Waals surface area contributed by atoms with Crippen molar-refractivity contribution < 1.29 is 9.90 Å². The molecule has 2 aromatic heterocycles. The van der Waals surface area contributed by atoms with Gasteiger partial charge in [0.2, 0.25) is 5.91 Å². The predicted octanol–water partition coefficient (Wildman–Crippen LogP) is 3.18. The minimum Gasteiger partial charge on any atom is -0.506 e. The van der Waals surface area contributed by atoms with Gasteiger partial charge in [-0.05, 0) is 30.6 Å². The Balaban J connectivity index is 1.90. The van der Waals surface area contributed by atoms with Gasteiger partial charge in [-0.1, -0.05) is 18.2 Å². The van der Waals surface area contributed by atoms with E-state index in [0.29, 0.717) is 11.9 Å². The molecule has 0 spiro atoms. The number of aromatic nitrogens is 2. The summed E-state index contributed by atoms with van der Waals surface area (Å²) >= 11 is 1.30. The fraction of sp³-hybridized carbons (Fsp3) is 0.188. The van der Waals surface area contributed by atoms with Crippen LogP contribution in [0.1, 0.15) is 29.3 Å². The minimum absolute atomic E-state index is 0.0275. The van der Waals surface area contributed by atoms with E-state index in [-0.39, 0.29) is 17.6 Å². The van der Waals surface area contributed by atoms with Gasteiger partial charge in [0, 0.05) is 29.0 Å². The maximum atomic E-state index is 11.9. The molecule has 110 valence electrons. The summed E-state index contributed by atoms with van der Waals surface area (Å²) in [6, 6.07) is 9.17. The molecule has 0 saturated carbocycles. The number of amides is 1. The van der Waals surface area contributed by atoms with E-state index in [1.807, 2.05) is 25.1 Å². The number of carbonyl (C=O) groups excluding carboxylic acids is 1. The second-order valence-electron chi connectivity index (χ2n) is 5.40. The fourth-order valence-electron chi connectivity index (χ4n) is 2.94. The number of aryl methyl sites for hydroxylation is 1. The second kappa shape index (κ2) is 4.78. The quantitative estimate of drug-likeness (QED) is 0.724. The third-order valence-corrected chi connectivity index (χ3v) is 4.85. The summed E-state index contributed by atoms with van der Waals surface area (Å²) in [7, 11) is 0. The SMILES string of the molecule is Cc1nsc2c1[C@H](c1ccc3cccc(O)c3n1)CC(=O)N2. The van der Waals surface area contributed by atoms with E-state index < -0.39 is 0 Å². The molecule has 1 atom stereocenters. The lowest BCUT2D eigenvalue weighted by Gasteiger charge is -2.22. The van der Waals surface area contributed by atoms with Crippen LogP contribution in [0.25, 0.3) is 10.9 Å². The number of fused-ring (bicyclic) bond motifs is 2. The summed E-state index contributed by atoms with van der Waals surface area (Å²) in [5, 5.41) is 14.6. The van der Waals surface area contributed by atoms with Crippen LogP contribution >= 0.6 is 11.5 Å². The number of nitrogens with zero attached hydrogens (tertiary/aromatic N) is 2. The van der Waals surface area contributed by atoms with Crippen LogP contribution in [0.2, 0.25) is 0 Å². The maximum Gasteiger partial charge on any atom is 0.226 e. The Morgan fingerprint density at radius 1 is 1.32 bits per heavy atom. The molecule has 4 rings (SSSR count). The maximum absolute atomic E-state index is 11.9. The zero-order chi connectivity index (χ0) is 15.3. The molecule has 1 aliphatic heterocycles. The lowest BCUT2D eigenvalue weighted by Crippen LogP contribution is -2.23. The number of pyridine rings is 1. The molecule has 0 fully saturated rings. The van der Waals surface area contributed by atoms with Gasteiger partial charge in [0.25, 0.3) is 0 Å². The van der Waals surface area contributed by atoms with Crippen molar-refractivity contribution in [1.82, 2.24) is 9.36 Å². The molecule has 0 bridgehead atoms.